The zero-order valence-corrected chi connectivity index (χ0v) is 12.3. The fourth-order valence-corrected chi connectivity index (χ4v) is 3.59. The minimum absolute atomic E-state index is 0.207. The Morgan fingerprint density at radius 3 is 2.76 bits per heavy atom. The van der Waals surface area contributed by atoms with Crippen LogP contribution >= 0.6 is 0 Å². The van der Waals surface area contributed by atoms with Crippen molar-refractivity contribution in [3.8, 4) is 0 Å². The van der Waals surface area contributed by atoms with Gasteiger partial charge in [0.2, 0.25) is 10.0 Å². The van der Waals surface area contributed by atoms with E-state index < -0.39 is 16.0 Å². The van der Waals surface area contributed by atoms with Crippen LogP contribution in [0.1, 0.15) is 36.0 Å². The molecule has 0 radical (unpaired) electrons. The molecular weight excluding hydrogens is 292 g/mol. The van der Waals surface area contributed by atoms with E-state index >= 15 is 0 Å². The Kier molecular flexibility index (Phi) is 4.64. The summed E-state index contributed by atoms with van der Waals surface area (Å²) in [7, 11) is -3.89. The van der Waals surface area contributed by atoms with Crippen LogP contribution in [0.15, 0.2) is 34.7 Å². The standard InChI is InChI=1S/C14H18N2O4S/c15-11-5-6-12(14(17)18)13(9-11)21(19,20)16-8-7-10-3-1-2-4-10/h3,5-6,9,16H,1-2,4,7-8,15H2,(H,17,18). The normalized spacial score (nSPS) is 15.0. The molecule has 0 saturated carbocycles. The number of sulfonamides is 1. The number of hydrogen-bond donors (Lipinski definition) is 3. The van der Waals surface area contributed by atoms with Crippen LogP contribution in [-0.4, -0.2) is 26.0 Å². The number of hydrogen-bond acceptors (Lipinski definition) is 4. The average molecular weight is 310 g/mol. The molecule has 0 heterocycles. The monoisotopic (exact) mass is 310 g/mol. The average Bonchev–Trinajstić information content (AvgIpc) is 2.91. The van der Waals surface area contributed by atoms with Gasteiger partial charge in [-0.05, 0) is 43.9 Å². The second-order valence-corrected chi connectivity index (χ2v) is 6.70. The lowest BCUT2D eigenvalue weighted by molar-refractivity contribution is 0.0692. The van der Waals surface area contributed by atoms with Gasteiger partial charge < -0.3 is 10.8 Å². The first kappa shape index (κ1) is 15.5. The maximum absolute atomic E-state index is 12.2. The van der Waals surface area contributed by atoms with Crippen LogP contribution in [0.4, 0.5) is 5.69 Å². The topological polar surface area (TPSA) is 109 Å². The number of nitrogen functional groups attached to an aromatic ring is 1. The van der Waals surface area contributed by atoms with Gasteiger partial charge in [-0.2, -0.15) is 0 Å². The lowest BCUT2D eigenvalue weighted by Gasteiger charge is -2.10. The van der Waals surface area contributed by atoms with E-state index in [1.54, 1.807) is 0 Å². The Balaban J connectivity index is 2.15. The highest BCUT2D eigenvalue weighted by Crippen LogP contribution is 2.21. The van der Waals surface area contributed by atoms with E-state index in [-0.39, 0.29) is 22.7 Å². The zero-order chi connectivity index (χ0) is 15.5. The Morgan fingerprint density at radius 1 is 1.38 bits per heavy atom. The number of benzene rings is 1. The van der Waals surface area contributed by atoms with Crippen molar-refractivity contribution >= 4 is 21.7 Å². The number of allylic oxidation sites excluding steroid dienone is 1. The number of carbonyl (C=O) groups is 1. The van der Waals surface area contributed by atoms with Gasteiger partial charge in [-0.1, -0.05) is 11.6 Å². The predicted molar refractivity (Wildman–Crippen MR) is 79.6 cm³/mol. The van der Waals surface area contributed by atoms with Crippen LogP contribution in [0.3, 0.4) is 0 Å². The highest BCUT2D eigenvalue weighted by atomic mass is 32.2. The van der Waals surface area contributed by atoms with Crippen molar-refractivity contribution in [2.45, 2.75) is 30.6 Å². The number of rotatable bonds is 6. The number of nitrogens with two attached hydrogens (primary N) is 1. The Morgan fingerprint density at radius 2 is 2.14 bits per heavy atom. The van der Waals surface area contributed by atoms with Crippen LogP contribution in [0.25, 0.3) is 0 Å². The molecule has 0 atom stereocenters. The SMILES string of the molecule is Nc1ccc(C(=O)O)c(S(=O)(=O)NCCC2=CCCC2)c1. The zero-order valence-electron chi connectivity index (χ0n) is 11.5. The van der Waals surface area contributed by atoms with Crippen molar-refractivity contribution in [2.24, 2.45) is 0 Å². The van der Waals surface area contributed by atoms with Gasteiger partial charge >= 0.3 is 5.97 Å². The van der Waals surface area contributed by atoms with E-state index in [4.69, 9.17) is 10.8 Å². The molecule has 21 heavy (non-hydrogen) atoms. The second kappa shape index (κ2) is 6.28. The minimum Gasteiger partial charge on any atom is -0.478 e. The van der Waals surface area contributed by atoms with Crippen molar-refractivity contribution in [1.82, 2.24) is 4.72 Å². The third-order valence-electron chi connectivity index (χ3n) is 3.40. The summed E-state index contributed by atoms with van der Waals surface area (Å²) in [4.78, 5) is 10.8. The first-order valence-corrected chi connectivity index (χ1v) is 8.19. The van der Waals surface area contributed by atoms with Gasteiger partial charge in [0.1, 0.15) is 0 Å². The highest BCUT2D eigenvalue weighted by Gasteiger charge is 2.22. The highest BCUT2D eigenvalue weighted by molar-refractivity contribution is 7.89. The Hall–Kier alpha value is -1.86. The summed E-state index contributed by atoms with van der Waals surface area (Å²) in [5.74, 6) is -1.30. The van der Waals surface area contributed by atoms with Crippen LogP contribution < -0.4 is 10.5 Å². The van der Waals surface area contributed by atoms with Gasteiger partial charge in [-0.3, -0.25) is 0 Å². The molecule has 0 unspecified atom stereocenters. The van der Waals surface area contributed by atoms with Gasteiger partial charge in [0.05, 0.1) is 10.5 Å². The summed E-state index contributed by atoms with van der Waals surface area (Å²) in [5.41, 5.74) is 6.72. The first-order valence-electron chi connectivity index (χ1n) is 6.70. The lowest BCUT2D eigenvalue weighted by Crippen LogP contribution is -2.27. The molecule has 0 spiro atoms. The summed E-state index contributed by atoms with van der Waals surface area (Å²) < 4.78 is 26.9. The molecule has 114 valence electrons. The van der Waals surface area contributed by atoms with Crippen LogP contribution in [0, 0.1) is 0 Å². The molecule has 0 bridgehead atoms. The van der Waals surface area contributed by atoms with Gasteiger partial charge in [0, 0.05) is 12.2 Å². The van der Waals surface area contributed by atoms with Crippen molar-refractivity contribution in [2.75, 3.05) is 12.3 Å². The number of carboxylic acids is 1. The number of nitrogens with one attached hydrogen (secondary N) is 1. The maximum atomic E-state index is 12.2. The van der Waals surface area contributed by atoms with E-state index in [2.05, 4.69) is 10.8 Å². The maximum Gasteiger partial charge on any atom is 0.337 e. The molecule has 2 rings (SSSR count). The molecular formula is C14H18N2O4S. The van der Waals surface area contributed by atoms with E-state index in [0.29, 0.717) is 6.42 Å². The molecule has 6 nitrogen and oxygen atoms in total. The number of aromatic carboxylic acids is 1. The summed E-state index contributed by atoms with van der Waals surface area (Å²) >= 11 is 0. The van der Waals surface area contributed by atoms with Gasteiger partial charge in [0.25, 0.3) is 0 Å². The molecule has 4 N–H and O–H groups in total. The molecule has 0 aliphatic heterocycles. The van der Waals surface area contributed by atoms with Crippen LogP contribution in [-0.2, 0) is 10.0 Å². The van der Waals surface area contributed by atoms with Crippen molar-refractivity contribution in [3.05, 3.63) is 35.4 Å². The van der Waals surface area contributed by atoms with Crippen molar-refractivity contribution in [1.29, 1.82) is 0 Å². The molecule has 1 aromatic carbocycles. The summed E-state index contributed by atoms with van der Waals surface area (Å²) in [5, 5.41) is 9.08. The van der Waals surface area contributed by atoms with Crippen LogP contribution in [0.2, 0.25) is 0 Å². The first-order chi connectivity index (χ1) is 9.90. The summed E-state index contributed by atoms with van der Waals surface area (Å²) in [6, 6.07) is 3.73. The summed E-state index contributed by atoms with van der Waals surface area (Å²) in [6.45, 7) is 0.252. The quantitative estimate of drug-likeness (QED) is 0.548. The fourth-order valence-electron chi connectivity index (χ4n) is 2.33. The lowest BCUT2D eigenvalue weighted by atomic mass is 10.2. The molecule has 1 aliphatic carbocycles. The molecule has 1 aliphatic rings. The van der Waals surface area contributed by atoms with E-state index in [1.165, 1.54) is 23.8 Å². The van der Waals surface area contributed by atoms with Crippen molar-refractivity contribution < 1.29 is 18.3 Å². The second-order valence-electron chi connectivity index (χ2n) is 4.96. The molecule has 0 fully saturated rings. The molecule has 0 amide bonds. The van der Waals surface area contributed by atoms with Gasteiger partial charge in [-0.15, -0.1) is 0 Å². The Labute approximate surface area is 123 Å². The molecule has 1 aromatic rings. The van der Waals surface area contributed by atoms with E-state index in [9.17, 15) is 13.2 Å². The molecule has 0 saturated heterocycles. The third-order valence-corrected chi connectivity index (χ3v) is 4.90. The molecule has 0 aromatic heterocycles. The fraction of sp³-hybridized carbons (Fsp3) is 0.357. The van der Waals surface area contributed by atoms with Crippen molar-refractivity contribution in [3.63, 3.8) is 0 Å². The number of anilines is 1. The van der Waals surface area contributed by atoms with Gasteiger partial charge in [0.15, 0.2) is 0 Å². The van der Waals surface area contributed by atoms with Crippen LogP contribution in [0.5, 0.6) is 0 Å². The van der Waals surface area contributed by atoms with E-state index in [0.717, 1.165) is 19.3 Å². The predicted octanol–water partition coefficient (Wildman–Crippen LogP) is 1.75. The van der Waals surface area contributed by atoms with Gasteiger partial charge in [-0.25, -0.2) is 17.9 Å². The Bertz CT molecular complexity index is 680. The minimum atomic E-state index is -3.89. The number of carboxylic acid groups (broad SMARTS) is 1. The largest absolute Gasteiger partial charge is 0.478 e. The smallest absolute Gasteiger partial charge is 0.337 e. The molecule has 7 heteroatoms. The van der Waals surface area contributed by atoms with E-state index in [1.807, 2.05) is 0 Å². The summed E-state index contributed by atoms with van der Waals surface area (Å²) in [6.07, 6.45) is 5.92. The third kappa shape index (κ3) is 3.83.